The van der Waals surface area contributed by atoms with Gasteiger partial charge in [-0.1, -0.05) is 30.3 Å². The highest BCUT2D eigenvalue weighted by Gasteiger charge is 2.23. The molecule has 1 fully saturated rings. The van der Waals surface area contributed by atoms with Gasteiger partial charge in [-0.3, -0.25) is 9.69 Å². The van der Waals surface area contributed by atoms with Gasteiger partial charge in [-0.05, 0) is 18.7 Å². The summed E-state index contributed by atoms with van der Waals surface area (Å²) < 4.78 is 5.27. The molecule has 1 amide bonds. The Morgan fingerprint density at radius 3 is 2.58 bits per heavy atom. The van der Waals surface area contributed by atoms with Crippen LogP contribution in [0.15, 0.2) is 47.1 Å². The van der Waals surface area contributed by atoms with Crippen LogP contribution >= 0.6 is 0 Å². The third-order valence-corrected chi connectivity index (χ3v) is 4.85. The zero-order valence-electron chi connectivity index (χ0n) is 15.4. The molecule has 2 N–H and O–H groups in total. The third-order valence-electron chi connectivity index (χ3n) is 4.85. The second-order valence-electron chi connectivity index (χ2n) is 6.86. The molecule has 1 aliphatic rings. The van der Waals surface area contributed by atoms with Crippen molar-refractivity contribution in [3.05, 3.63) is 59.5 Å². The van der Waals surface area contributed by atoms with E-state index in [9.17, 15) is 4.79 Å². The molecule has 0 radical (unpaired) electrons. The third kappa shape index (κ3) is 4.94. The van der Waals surface area contributed by atoms with Crippen molar-refractivity contribution >= 4 is 5.91 Å². The fourth-order valence-electron chi connectivity index (χ4n) is 3.24. The first-order valence-electron chi connectivity index (χ1n) is 9.17. The molecule has 0 atom stereocenters. The van der Waals surface area contributed by atoms with Crippen LogP contribution in [0.1, 0.15) is 21.7 Å². The lowest BCUT2D eigenvalue weighted by Gasteiger charge is -2.35. The van der Waals surface area contributed by atoms with Crippen molar-refractivity contribution in [1.82, 2.24) is 14.7 Å². The maximum Gasteiger partial charge on any atom is 0.257 e. The maximum atomic E-state index is 12.5. The summed E-state index contributed by atoms with van der Waals surface area (Å²) in [6, 6.07) is 12.3. The number of benzene rings is 1. The van der Waals surface area contributed by atoms with Crippen molar-refractivity contribution in [2.24, 2.45) is 5.73 Å². The monoisotopic (exact) mass is 356 g/mol. The molecule has 1 aliphatic heterocycles. The number of furan rings is 1. The molecule has 0 aliphatic carbocycles. The van der Waals surface area contributed by atoms with Crippen LogP contribution < -0.4 is 5.73 Å². The number of piperazine rings is 1. The summed E-state index contributed by atoms with van der Waals surface area (Å²) >= 11 is 0. The molecule has 26 heavy (non-hydrogen) atoms. The lowest BCUT2D eigenvalue weighted by molar-refractivity contribution is 0.0625. The van der Waals surface area contributed by atoms with Crippen molar-refractivity contribution in [1.29, 1.82) is 0 Å². The van der Waals surface area contributed by atoms with Crippen LogP contribution in [0.5, 0.6) is 0 Å². The predicted molar refractivity (Wildman–Crippen MR) is 102 cm³/mol. The molecule has 1 saturated heterocycles. The van der Waals surface area contributed by atoms with E-state index in [0.717, 1.165) is 45.8 Å². The molecule has 6 heteroatoms. The van der Waals surface area contributed by atoms with E-state index in [4.69, 9.17) is 10.2 Å². The fourth-order valence-corrected chi connectivity index (χ4v) is 3.24. The summed E-state index contributed by atoms with van der Waals surface area (Å²) in [5.74, 6) is 0.683. The number of nitrogens with zero attached hydrogens (tertiary/aromatic N) is 3. The van der Waals surface area contributed by atoms with Gasteiger partial charge < -0.3 is 20.0 Å². The highest BCUT2D eigenvalue weighted by atomic mass is 16.3. The second kappa shape index (κ2) is 8.98. The van der Waals surface area contributed by atoms with Crippen LogP contribution in [0, 0.1) is 0 Å². The Morgan fingerprint density at radius 2 is 1.92 bits per heavy atom. The molecule has 0 bridgehead atoms. The zero-order chi connectivity index (χ0) is 18.4. The van der Waals surface area contributed by atoms with Gasteiger partial charge in [0.2, 0.25) is 0 Å². The maximum absolute atomic E-state index is 12.5. The summed E-state index contributed by atoms with van der Waals surface area (Å²) in [7, 11) is 2.15. The van der Waals surface area contributed by atoms with Gasteiger partial charge in [-0.15, -0.1) is 0 Å². The molecular formula is C20H28N4O2. The van der Waals surface area contributed by atoms with E-state index in [2.05, 4.69) is 41.1 Å². The lowest BCUT2D eigenvalue weighted by Crippen LogP contribution is -2.50. The number of rotatable bonds is 7. The minimum Gasteiger partial charge on any atom is -0.467 e. The number of nitrogens with two attached hydrogens (primary N) is 1. The lowest BCUT2D eigenvalue weighted by atomic mass is 10.2. The van der Waals surface area contributed by atoms with Crippen LogP contribution in [-0.2, 0) is 13.1 Å². The van der Waals surface area contributed by atoms with Crippen molar-refractivity contribution in [3.63, 3.8) is 0 Å². The summed E-state index contributed by atoms with van der Waals surface area (Å²) in [4.78, 5) is 19.2. The van der Waals surface area contributed by atoms with E-state index in [1.807, 2.05) is 11.0 Å². The van der Waals surface area contributed by atoms with E-state index in [1.54, 1.807) is 6.07 Å². The molecule has 0 saturated carbocycles. The van der Waals surface area contributed by atoms with Crippen LogP contribution in [0.3, 0.4) is 0 Å². The minimum atomic E-state index is 0.0364. The SMILES string of the molecule is CN(CCN1CCN(C(=O)c2coc(CN)c2)CC1)Cc1ccccc1. The molecule has 0 unspecified atom stereocenters. The van der Waals surface area contributed by atoms with Gasteiger partial charge in [0.25, 0.3) is 5.91 Å². The summed E-state index contributed by atoms with van der Waals surface area (Å²) in [6.07, 6.45) is 1.51. The molecule has 140 valence electrons. The van der Waals surface area contributed by atoms with Crippen LogP contribution in [0.25, 0.3) is 0 Å². The van der Waals surface area contributed by atoms with E-state index in [-0.39, 0.29) is 5.91 Å². The number of amides is 1. The van der Waals surface area contributed by atoms with E-state index in [1.165, 1.54) is 11.8 Å². The average Bonchev–Trinajstić information content (AvgIpc) is 3.16. The highest BCUT2D eigenvalue weighted by molar-refractivity contribution is 5.94. The summed E-state index contributed by atoms with van der Waals surface area (Å²) in [5.41, 5.74) is 7.47. The number of hydrogen-bond acceptors (Lipinski definition) is 5. The Bertz CT molecular complexity index is 693. The van der Waals surface area contributed by atoms with E-state index < -0.39 is 0 Å². The second-order valence-corrected chi connectivity index (χ2v) is 6.86. The molecule has 6 nitrogen and oxygen atoms in total. The van der Waals surface area contributed by atoms with Crippen molar-refractivity contribution in [2.75, 3.05) is 46.3 Å². The predicted octanol–water partition coefficient (Wildman–Crippen LogP) is 1.63. The first kappa shape index (κ1) is 18.6. The van der Waals surface area contributed by atoms with Gasteiger partial charge in [0.15, 0.2) is 0 Å². The Kier molecular flexibility index (Phi) is 6.44. The Balaban J connectivity index is 1.40. The van der Waals surface area contributed by atoms with Crippen molar-refractivity contribution in [2.45, 2.75) is 13.1 Å². The van der Waals surface area contributed by atoms with E-state index >= 15 is 0 Å². The average molecular weight is 356 g/mol. The van der Waals surface area contributed by atoms with Gasteiger partial charge in [0.1, 0.15) is 12.0 Å². The van der Waals surface area contributed by atoms with Gasteiger partial charge in [0, 0.05) is 45.8 Å². The van der Waals surface area contributed by atoms with Gasteiger partial charge >= 0.3 is 0 Å². The molecular weight excluding hydrogens is 328 g/mol. The number of likely N-dealkylation sites (N-methyl/N-ethyl adjacent to an activating group) is 1. The zero-order valence-corrected chi connectivity index (χ0v) is 15.4. The largest absolute Gasteiger partial charge is 0.467 e. The number of hydrogen-bond donors (Lipinski definition) is 1. The molecule has 2 heterocycles. The molecule has 1 aromatic heterocycles. The summed E-state index contributed by atoms with van der Waals surface area (Å²) in [6.45, 7) is 6.65. The minimum absolute atomic E-state index is 0.0364. The van der Waals surface area contributed by atoms with Crippen LogP contribution in [0.2, 0.25) is 0 Å². The van der Waals surface area contributed by atoms with Crippen LogP contribution in [0.4, 0.5) is 0 Å². The van der Waals surface area contributed by atoms with Crippen molar-refractivity contribution < 1.29 is 9.21 Å². The van der Waals surface area contributed by atoms with Gasteiger partial charge in [-0.25, -0.2) is 0 Å². The van der Waals surface area contributed by atoms with Crippen molar-refractivity contribution in [3.8, 4) is 0 Å². The van der Waals surface area contributed by atoms with Gasteiger partial charge in [-0.2, -0.15) is 0 Å². The highest BCUT2D eigenvalue weighted by Crippen LogP contribution is 2.12. The molecule has 0 spiro atoms. The molecule has 1 aromatic carbocycles. The van der Waals surface area contributed by atoms with E-state index in [0.29, 0.717) is 17.9 Å². The normalized spacial score (nSPS) is 15.6. The summed E-state index contributed by atoms with van der Waals surface area (Å²) in [5, 5.41) is 0. The quantitative estimate of drug-likeness (QED) is 0.817. The topological polar surface area (TPSA) is 66.0 Å². The van der Waals surface area contributed by atoms with Gasteiger partial charge in [0.05, 0.1) is 12.1 Å². The smallest absolute Gasteiger partial charge is 0.257 e. The van der Waals surface area contributed by atoms with Crippen LogP contribution in [-0.4, -0.2) is 66.9 Å². The first-order valence-corrected chi connectivity index (χ1v) is 9.17. The first-order chi connectivity index (χ1) is 12.7. The Labute approximate surface area is 155 Å². The standard InChI is InChI=1S/C20H28N4O2/c1-22(15-17-5-3-2-4-6-17)7-8-23-9-11-24(12-10-23)20(25)18-13-19(14-21)26-16-18/h2-6,13,16H,7-12,14-15,21H2,1H3. The number of carbonyl (C=O) groups excluding carboxylic acids is 1. The fraction of sp³-hybridized carbons (Fsp3) is 0.450. The Morgan fingerprint density at radius 1 is 1.19 bits per heavy atom. The Hall–Kier alpha value is -2.15. The molecule has 2 aromatic rings. The molecule has 3 rings (SSSR count). The number of carbonyl (C=O) groups is 1.